The minimum atomic E-state index is -0.325. The topological polar surface area (TPSA) is 96.3 Å². The van der Waals surface area contributed by atoms with Gasteiger partial charge in [-0.05, 0) is 37.2 Å². The summed E-state index contributed by atoms with van der Waals surface area (Å²) in [4.78, 5) is 25.0. The highest BCUT2D eigenvalue weighted by Crippen LogP contribution is 2.52. The second-order valence-corrected chi connectivity index (χ2v) is 7.48. The number of hydrogen-bond acceptors (Lipinski definition) is 4. The molecule has 2 saturated carbocycles. The standard InChI is InChI=1S/C20H24N4O3/c1-11(12-6-4-3-5-7-12)24-17(10-16(23-24)19(26)21-2)20(27)22-18-14-8-13(25)9-15(14)18/h3-7,10-11,13-15,18,25H,8-9H2,1-2H3,(H,21,26)(H,22,27)/t11-,13?,14-,15+,18?/m0/s1. The molecule has 2 aromatic rings. The van der Waals surface area contributed by atoms with E-state index in [1.807, 2.05) is 37.3 Å². The van der Waals surface area contributed by atoms with Crippen LogP contribution < -0.4 is 10.6 Å². The van der Waals surface area contributed by atoms with Crippen molar-refractivity contribution in [1.29, 1.82) is 0 Å². The summed E-state index contributed by atoms with van der Waals surface area (Å²) in [6, 6.07) is 11.2. The Bertz CT molecular complexity index is 851. The molecule has 0 aliphatic heterocycles. The van der Waals surface area contributed by atoms with E-state index in [4.69, 9.17) is 0 Å². The molecule has 3 N–H and O–H groups in total. The first kappa shape index (κ1) is 17.7. The smallest absolute Gasteiger partial charge is 0.271 e. The third-order valence-corrected chi connectivity index (χ3v) is 5.79. The lowest BCUT2D eigenvalue weighted by Gasteiger charge is -2.16. The molecule has 1 aromatic heterocycles. The zero-order chi connectivity index (χ0) is 19.1. The number of aliphatic hydroxyl groups excluding tert-OH is 1. The molecular weight excluding hydrogens is 344 g/mol. The predicted octanol–water partition coefficient (Wildman–Crippen LogP) is 1.35. The van der Waals surface area contributed by atoms with Crippen molar-refractivity contribution in [2.24, 2.45) is 11.8 Å². The molecule has 1 aromatic carbocycles. The highest BCUT2D eigenvalue weighted by Gasteiger charge is 2.56. The Morgan fingerprint density at radius 1 is 1.19 bits per heavy atom. The maximum absolute atomic E-state index is 12.9. The Morgan fingerprint density at radius 2 is 1.85 bits per heavy atom. The number of amides is 2. The van der Waals surface area contributed by atoms with Gasteiger partial charge in [-0.1, -0.05) is 30.3 Å². The van der Waals surface area contributed by atoms with E-state index in [0.29, 0.717) is 17.5 Å². The average Bonchev–Trinajstić information content (AvgIpc) is 3.07. The van der Waals surface area contributed by atoms with Gasteiger partial charge in [-0.2, -0.15) is 5.10 Å². The van der Waals surface area contributed by atoms with Gasteiger partial charge in [0.25, 0.3) is 11.8 Å². The van der Waals surface area contributed by atoms with Crippen molar-refractivity contribution in [2.75, 3.05) is 7.05 Å². The van der Waals surface area contributed by atoms with Crippen molar-refractivity contribution in [2.45, 2.75) is 38.0 Å². The molecule has 0 saturated heterocycles. The van der Waals surface area contributed by atoms with Crippen molar-refractivity contribution in [1.82, 2.24) is 20.4 Å². The van der Waals surface area contributed by atoms with Crippen molar-refractivity contribution in [3.8, 4) is 0 Å². The van der Waals surface area contributed by atoms with Crippen LogP contribution in [0.5, 0.6) is 0 Å². The van der Waals surface area contributed by atoms with E-state index < -0.39 is 0 Å². The zero-order valence-electron chi connectivity index (χ0n) is 15.4. The second kappa shape index (κ2) is 6.81. The van der Waals surface area contributed by atoms with Crippen LogP contribution in [0.25, 0.3) is 0 Å². The van der Waals surface area contributed by atoms with Crippen molar-refractivity contribution in [3.05, 3.63) is 53.3 Å². The van der Waals surface area contributed by atoms with E-state index in [0.717, 1.165) is 18.4 Å². The van der Waals surface area contributed by atoms with E-state index >= 15 is 0 Å². The van der Waals surface area contributed by atoms with Gasteiger partial charge in [0.15, 0.2) is 5.69 Å². The Labute approximate surface area is 157 Å². The monoisotopic (exact) mass is 368 g/mol. The first-order valence-electron chi connectivity index (χ1n) is 9.35. The van der Waals surface area contributed by atoms with Gasteiger partial charge in [-0.15, -0.1) is 0 Å². The summed E-state index contributed by atoms with van der Waals surface area (Å²) in [6.07, 6.45) is 1.26. The first-order valence-corrected chi connectivity index (χ1v) is 9.35. The van der Waals surface area contributed by atoms with Gasteiger partial charge >= 0.3 is 0 Å². The maximum Gasteiger partial charge on any atom is 0.271 e. The minimum Gasteiger partial charge on any atom is -0.393 e. The van der Waals surface area contributed by atoms with Crippen LogP contribution in [-0.2, 0) is 0 Å². The number of carbonyl (C=O) groups excluding carboxylic acids is 2. The summed E-state index contributed by atoms with van der Waals surface area (Å²) in [5.74, 6) is 0.180. The number of nitrogens with one attached hydrogen (secondary N) is 2. The van der Waals surface area contributed by atoms with Gasteiger partial charge in [-0.25, -0.2) is 0 Å². The van der Waals surface area contributed by atoms with Crippen LogP contribution in [0.3, 0.4) is 0 Å². The molecule has 5 atom stereocenters. The van der Waals surface area contributed by atoms with Gasteiger partial charge in [0.05, 0.1) is 12.1 Å². The lowest BCUT2D eigenvalue weighted by molar-refractivity contribution is 0.0923. The molecule has 7 heteroatoms. The molecule has 4 rings (SSSR count). The van der Waals surface area contributed by atoms with Crippen LogP contribution in [0.4, 0.5) is 0 Å². The number of aromatic nitrogens is 2. The van der Waals surface area contributed by atoms with E-state index in [2.05, 4.69) is 15.7 Å². The third kappa shape index (κ3) is 3.23. The minimum absolute atomic E-state index is 0.111. The summed E-state index contributed by atoms with van der Waals surface area (Å²) in [5, 5.41) is 19.7. The molecule has 7 nitrogen and oxygen atoms in total. The van der Waals surface area contributed by atoms with Gasteiger partial charge in [0.2, 0.25) is 0 Å². The van der Waals surface area contributed by atoms with Crippen LogP contribution >= 0.6 is 0 Å². The highest BCUT2D eigenvalue weighted by atomic mass is 16.3. The summed E-state index contributed by atoms with van der Waals surface area (Å²) < 4.78 is 1.61. The summed E-state index contributed by atoms with van der Waals surface area (Å²) in [7, 11) is 1.54. The molecule has 2 fully saturated rings. The molecule has 27 heavy (non-hydrogen) atoms. The Kier molecular flexibility index (Phi) is 4.47. The number of hydrogen-bond donors (Lipinski definition) is 3. The highest BCUT2D eigenvalue weighted by molar-refractivity contribution is 5.98. The molecule has 0 spiro atoms. The maximum atomic E-state index is 12.9. The number of rotatable bonds is 5. The summed E-state index contributed by atoms with van der Waals surface area (Å²) >= 11 is 0. The van der Waals surface area contributed by atoms with E-state index in [1.54, 1.807) is 17.8 Å². The molecular formula is C20H24N4O3. The lowest BCUT2D eigenvalue weighted by atomic mass is 10.1. The van der Waals surface area contributed by atoms with Gasteiger partial charge in [0.1, 0.15) is 5.69 Å². The quantitative estimate of drug-likeness (QED) is 0.742. The van der Waals surface area contributed by atoms with Gasteiger partial charge in [0, 0.05) is 19.2 Å². The fraction of sp³-hybridized carbons (Fsp3) is 0.450. The van der Waals surface area contributed by atoms with Crippen molar-refractivity contribution in [3.63, 3.8) is 0 Å². The fourth-order valence-electron chi connectivity index (χ4n) is 4.22. The van der Waals surface area contributed by atoms with E-state index in [9.17, 15) is 14.7 Å². The fourth-order valence-corrected chi connectivity index (χ4v) is 4.22. The van der Waals surface area contributed by atoms with Crippen LogP contribution in [-0.4, -0.2) is 45.9 Å². The molecule has 142 valence electrons. The largest absolute Gasteiger partial charge is 0.393 e. The molecule has 0 radical (unpaired) electrons. The van der Waals surface area contributed by atoms with Crippen LogP contribution in [0.15, 0.2) is 36.4 Å². The number of carbonyl (C=O) groups is 2. The molecule has 0 bridgehead atoms. The molecule has 2 amide bonds. The first-order chi connectivity index (χ1) is 13.0. The van der Waals surface area contributed by atoms with Gasteiger partial charge < -0.3 is 15.7 Å². The van der Waals surface area contributed by atoms with Crippen molar-refractivity contribution < 1.29 is 14.7 Å². The second-order valence-electron chi connectivity index (χ2n) is 7.48. The normalized spacial score (nSPS) is 26.9. The average molecular weight is 368 g/mol. The molecule has 2 aliphatic carbocycles. The Morgan fingerprint density at radius 3 is 2.48 bits per heavy atom. The van der Waals surface area contributed by atoms with Crippen molar-refractivity contribution >= 4 is 11.8 Å². The molecule has 1 heterocycles. The van der Waals surface area contributed by atoms with Crippen LogP contribution in [0.1, 0.15) is 52.3 Å². The SMILES string of the molecule is CNC(=O)c1cc(C(=O)NC2[C@H]3CC(O)C[C@@H]23)n([C@@H](C)c2ccccc2)n1. The summed E-state index contributed by atoms with van der Waals surface area (Å²) in [6.45, 7) is 1.95. The predicted molar refractivity (Wildman–Crippen MR) is 99.3 cm³/mol. The van der Waals surface area contributed by atoms with Crippen LogP contribution in [0, 0.1) is 11.8 Å². The lowest BCUT2D eigenvalue weighted by Crippen LogP contribution is -2.32. The molecule has 2 unspecified atom stereocenters. The van der Waals surface area contributed by atoms with Crippen LogP contribution in [0.2, 0.25) is 0 Å². The number of nitrogens with zero attached hydrogens (tertiary/aromatic N) is 2. The van der Waals surface area contributed by atoms with E-state index in [-0.39, 0.29) is 35.7 Å². The van der Waals surface area contributed by atoms with Gasteiger partial charge in [-0.3, -0.25) is 14.3 Å². The third-order valence-electron chi connectivity index (χ3n) is 5.79. The number of aliphatic hydroxyl groups is 1. The Balaban J connectivity index is 1.59. The number of fused-ring (bicyclic) bond motifs is 1. The summed E-state index contributed by atoms with van der Waals surface area (Å²) in [5.41, 5.74) is 1.59. The zero-order valence-corrected chi connectivity index (χ0v) is 15.4. The number of benzene rings is 1. The Hall–Kier alpha value is -2.67. The van der Waals surface area contributed by atoms with E-state index in [1.165, 1.54) is 0 Å². The molecule has 2 aliphatic rings.